The van der Waals surface area contributed by atoms with Gasteiger partial charge in [-0.2, -0.15) is 0 Å². The predicted octanol–water partition coefficient (Wildman–Crippen LogP) is 2.02. The minimum absolute atomic E-state index is 0.000490. The topological polar surface area (TPSA) is 54.0 Å². The minimum Gasteiger partial charge on any atom is -0.454 e. The summed E-state index contributed by atoms with van der Waals surface area (Å²) in [5.74, 6) is 2.04. The molecule has 2 aliphatic heterocycles. The Morgan fingerprint density at radius 1 is 1.42 bits per heavy atom. The van der Waals surface area contributed by atoms with Crippen LogP contribution in [0.4, 0.5) is 5.69 Å². The quantitative estimate of drug-likeness (QED) is 0.893. The molecule has 0 radical (unpaired) electrons. The maximum absolute atomic E-state index is 12.5. The molecule has 1 saturated heterocycles. The highest BCUT2D eigenvalue weighted by atomic mass is 16.7. The van der Waals surface area contributed by atoms with Crippen LogP contribution in [0.15, 0.2) is 18.2 Å². The average molecular weight is 333 g/mol. The molecule has 24 heavy (non-hydrogen) atoms. The molecule has 0 aliphatic carbocycles. The van der Waals surface area contributed by atoms with Crippen molar-refractivity contribution in [3.63, 3.8) is 0 Å². The van der Waals surface area contributed by atoms with E-state index in [0.717, 1.165) is 24.5 Å². The van der Waals surface area contributed by atoms with Gasteiger partial charge in [-0.15, -0.1) is 0 Å². The number of benzene rings is 1. The molecule has 1 N–H and O–H groups in total. The summed E-state index contributed by atoms with van der Waals surface area (Å²) >= 11 is 0. The van der Waals surface area contributed by atoms with Gasteiger partial charge in [0.05, 0.1) is 6.04 Å². The fourth-order valence-electron chi connectivity index (χ4n) is 3.41. The van der Waals surface area contributed by atoms with Crippen molar-refractivity contribution >= 4 is 11.6 Å². The van der Waals surface area contributed by atoms with Crippen molar-refractivity contribution in [3.8, 4) is 11.5 Å². The first kappa shape index (κ1) is 17.0. The molecule has 6 nitrogen and oxygen atoms in total. The van der Waals surface area contributed by atoms with E-state index in [2.05, 4.69) is 22.2 Å². The van der Waals surface area contributed by atoms with Crippen LogP contribution in [-0.4, -0.2) is 62.3 Å². The minimum atomic E-state index is -0.178. The zero-order valence-electron chi connectivity index (χ0n) is 14.7. The van der Waals surface area contributed by atoms with Gasteiger partial charge in [-0.3, -0.25) is 9.69 Å². The highest BCUT2D eigenvalue weighted by Gasteiger charge is 2.24. The third-order valence-electron chi connectivity index (χ3n) is 4.95. The molecule has 0 spiro atoms. The maximum Gasteiger partial charge on any atom is 0.241 e. The first-order valence-electron chi connectivity index (χ1n) is 8.62. The normalized spacial score (nSPS) is 21.8. The van der Waals surface area contributed by atoms with E-state index in [4.69, 9.17) is 9.47 Å². The SMILES string of the molecule is CC(C(=O)Nc1ccc2c(c1)OCO2)N(C)CC1CCCN(C)C1. The lowest BCUT2D eigenvalue weighted by Crippen LogP contribution is -2.45. The van der Waals surface area contributed by atoms with Gasteiger partial charge in [-0.05, 0) is 58.5 Å². The van der Waals surface area contributed by atoms with Gasteiger partial charge in [-0.1, -0.05) is 0 Å². The van der Waals surface area contributed by atoms with E-state index in [1.165, 1.54) is 19.4 Å². The first-order chi connectivity index (χ1) is 11.5. The van der Waals surface area contributed by atoms with Crippen LogP contribution in [0.2, 0.25) is 0 Å². The van der Waals surface area contributed by atoms with E-state index in [9.17, 15) is 4.79 Å². The van der Waals surface area contributed by atoms with Gasteiger partial charge < -0.3 is 19.7 Å². The summed E-state index contributed by atoms with van der Waals surface area (Å²) < 4.78 is 10.6. The van der Waals surface area contributed by atoms with Gasteiger partial charge in [0.2, 0.25) is 12.7 Å². The first-order valence-corrected chi connectivity index (χ1v) is 8.62. The smallest absolute Gasteiger partial charge is 0.241 e. The molecular weight excluding hydrogens is 306 g/mol. The average Bonchev–Trinajstić information content (AvgIpc) is 3.01. The van der Waals surface area contributed by atoms with Crippen molar-refractivity contribution in [3.05, 3.63) is 18.2 Å². The Balaban J connectivity index is 1.53. The van der Waals surface area contributed by atoms with Crippen molar-refractivity contribution in [2.45, 2.75) is 25.8 Å². The molecule has 0 saturated carbocycles. The number of nitrogens with zero attached hydrogens (tertiary/aromatic N) is 2. The van der Waals surface area contributed by atoms with Gasteiger partial charge in [0.25, 0.3) is 0 Å². The number of likely N-dealkylation sites (tertiary alicyclic amines) is 1. The summed E-state index contributed by atoms with van der Waals surface area (Å²) in [6.07, 6.45) is 2.48. The molecule has 6 heteroatoms. The van der Waals surface area contributed by atoms with Gasteiger partial charge in [0.15, 0.2) is 11.5 Å². The van der Waals surface area contributed by atoms with Crippen molar-refractivity contribution in [1.82, 2.24) is 9.80 Å². The van der Waals surface area contributed by atoms with Crippen LogP contribution in [0.3, 0.4) is 0 Å². The third-order valence-corrected chi connectivity index (χ3v) is 4.95. The van der Waals surface area contributed by atoms with Crippen molar-refractivity contribution in [2.75, 3.05) is 45.8 Å². The van der Waals surface area contributed by atoms with E-state index in [0.29, 0.717) is 11.7 Å². The number of carbonyl (C=O) groups excluding carboxylic acids is 1. The van der Waals surface area contributed by atoms with Crippen LogP contribution in [0.1, 0.15) is 19.8 Å². The molecule has 1 aromatic rings. The van der Waals surface area contributed by atoms with Crippen LogP contribution >= 0.6 is 0 Å². The second-order valence-corrected chi connectivity index (χ2v) is 6.94. The molecule has 1 amide bonds. The number of amides is 1. The second kappa shape index (κ2) is 7.40. The monoisotopic (exact) mass is 333 g/mol. The molecular formula is C18H27N3O3. The van der Waals surface area contributed by atoms with Crippen molar-refractivity contribution < 1.29 is 14.3 Å². The van der Waals surface area contributed by atoms with Gasteiger partial charge >= 0.3 is 0 Å². The summed E-state index contributed by atoms with van der Waals surface area (Å²) in [7, 11) is 4.19. The molecule has 2 aliphatic rings. The van der Waals surface area contributed by atoms with Crippen LogP contribution in [0, 0.1) is 5.92 Å². The number of likely N-dealkylation sites (N-methyl/N-ethyl adjacent to an activating group) is 1. The Labute approximate surface area is 143 Å². The van der Waals surface area contributed by atoms with E-state index in [1.54, 1.807) is 0 Å². The fraction of sp³-hybridized carbons (Fsp3) is 0.611. The molecule has 0 aromatic heterocycles. The highest BCUT2D eigenvalue weighted by Crippen LogP contribution is 2.34. The van der Waals surface area contributed by atoms with Crippen LogP contribution < -0.4 is 14.8 Å². The van der Waals surface area contributed by atoms with E-state index in [-0.39, 0.29) is 18.7 Å². The molecule has 1 aromatic carbocycles. The van der Waals surface area contributed by atoms with Crippen LogP contribution in [-0.2, 0) is 4.79 Å². The lowest BCUT2D eigenvalue weighted by molar-refractivity contribution is -0.120. The zero-order valence-corrected chi connectivity index (χ0v) is 14.7. The Morgan fingerprint density at radius 2 is 2.21 bits per heavy atom. The largest absolute Gasteiger partial charge is 0.454 e. The number of carbonyl (C=O) groups is 1. The highest BCUT2D eigenvalue weighted by molar-refractivity contribution is 5.94. The summed E-state index contributed by atoms with van der Waals surface area (Å²) in [5, 5.41) is 2.97. The lowest BCUT2D eigenvalue weighted by Gasteiger charge is -2.34. The van der Waals surface area contributed by atoms with Crippen LogP contribution in [0.5, 0.6) is 11.5 Å². The predicted molar refractivity (Wildman–Crippen MR) is 93.5 cm³/mol. The summed E-state index contributed by atoms with van der Waals surface area (Å²) in [4.78, 5) is 17.0. The van der Waals surface area contributed by atoms with Crippen LogP contribution in [0.25, 0.3) is 0 Å². The van der Waals surface area contributed by atoms with E-state index >= 15 is 0 Å². The van der Waals surface area contributed by atoms with Crippen molar-refractivity contribution in [2.24, 2.45) is 5.92 Å². The van der Waals surface area contributed by atoms with E-state index in [1.807, 2.05) is 32.2 Å². The fourth-order valence-corrected chi connectivity index (χ4v) is 3.41. The Hall–Kier alpha value is -1.79. The summed E-state index contributed by atoms with van der Waals surface area (Å²) in [6, 6.07) is 5.30. The molecule has 2 unspecified atom stereocenters. The number of ether oxygens (including phenoxy) is 2. The lowest BCUT2D eigenvalue weighted by atomic mass is 9.97. The Bertz CT molecular complexity index is 593. The Morgan fingerprint density at radius 3 is 3.00 bits per heavy atom. The molecule has 0 bridgehead atoms. The van der Waals surface area contributed by atoms with Gasteiger partial charge in [-0.25, -0.2) is 0 Å². The molecule has 132 valence electrons. The number of rotatable bonds is 5. The summed E-state index contributed by atoms with van der Waals surface area (Å²) in [6.45, 7) is 5.43. The zero-order chi connectivity index (χ0) is 17.1. The number of anilines is 1. The van der Waals surface area contributed by atoms with Gasteiger partial charge in [0.1, 0.15) is 0 Å². The second-order valence-electron chi connectivity index (χ2n) is 6.94. The number of hydrogen-bond donors (Lipinski definition) is 1. The number of nitrogens with one attached hydrogen (secondary N) is 1. The third kappa shape index (κ3) is 3.99. The maximum atomic E-state index is 12.5. The standard InChI is InChI=1S/C18H27N3O3/c1-13(21(3)11-14-5-4-8-20(2)10-14)18(22)19-15-6-7-16-17(9-15)24-12-23-16/h6-7,9,13-14H,4-5,8,10-12H2,1-3H3,(H,19,22). The molecule has 2 atom stereocenters. The summed E-state index contributed by atoms with van der Waals surface area (Å²) in [5.41, 5.74) is 0.738. The van der Waals surface area contributed by atoms with Gasteiger partial charge in [0, 0.05) is 24.8 Å². The van der Waals surface area contributed by atoms with E-state index < -0.39 is 0 Å². The molecule has 3 rings (SSSR count). The van der Waals surface area contributed by atoms with Crippen molar-refractivity contribution in [1.29, 1.82) is 0 Å². The Kier molecular flexibility index (Phi) is 5.26. The molecule has 1 fully saturated rings. The number of fused-ring (bicyclic) bond motifs is 1. The number of hydrogen-bond acceptors (Lipinski definition) is 5. The molecule has 2 heterocycles. The number of piperidine rings is 1.